The number of carboxylic acids is 1. The number of carbonyl (C=O) groups excluding carboxylic acids is 4. The summed E-state index contributed by atoms with van der Waals surface area (Å²) in [5, 5.41) is 29.8. The van der Waals surface area contributed by atoms with Gasteiger partial charge in [0.15, 0.2) is 0 Å². The number of likely N-dealkylation sites (N-methyl/N-ethyl adjacent to an activating group) is 1. The molecule has 1 unspecified atom stereocenters. The first-order chi connectivity index (χ1) is 23.5. The van der Waals surface area contributed by atoms with Crippen LogP contribution in [0.1, 0.15) is 49.0 Å². The van der Waals surface area contributed by atoms with Crippen LogP contribution in [0.15, 0.2) is 60.8 Å². The lowest BCUT2D eigenvalue weighted by Crippen LogP contribution is -2.59. The van der Waals surface area contributed by atoms with E-state index in [-0.39, 0.29) is 38.3 Å². The van der Waals surface area contributed by atoms with E-state index in [1.54, 1.807) is 61.2 Å². The number of carboxylic acid groups (broad SMARTS) is 1. The zero-order chi connectivity index (χ0) is 34.7. The largest absolute Gasteiger partial charge is 0.487 e. The van der Waals surface area contributed by atoms with Crippen LogP contribution in [0.5, 0.6) is 5.75 Å². The molecular weight excluding hydrogens is 632 g/mol. The number of carbonyl (C=O) groups is 5. The molecule has 6 bridgehead atoms. The molecule has 2 aromatic carbocycles. The predicted molar refractivity (Wildman–Crippen MR) is 174 cm³/mol. The predicted octanol–water partition coefficient (Wildman–Crippen LogP) is 0.109. The lowest BCUT2D eigenvalue weighted by Gasteiger charge is -2.30. The third kappa shape index (κ3) is 7.56. The van der Waals surface area contributed by atoms with E-state index in [1.165, 1.54) is 4.90 Å². The average molecular weight is 673 g/mol. The lowest BCUT2D eigenvalue weighted by molar-refractivity contribution is -0.144. The van der Waals surface area contributed by atoms with Crippen LogP contribution < -0.4 is 26.0 Å². The van der Waals surface area contributed by atoms with Crippen molar-refractivity contribution in [3.05, 3.63) is 77.6 Å². The van der Waals surface area contributed by atoms with Gasteiger partial charge in [0.25, 0.3) is 0 Å². The fourth-order valence-corrected chi connectivity index (χ4v) is 6.22. The highest BCUT2D eigenvalue weighted by Gasteiger charge is 2.56. The molecule has 1 saturated heterocycles. The number of ether oxygens (including phenoxy) is 1. The van der Waals surface area contributed by atoms with Gasteiger partial charge in [-0.2, -0.15) is 0 Å². The number of hydrogen-bond acceptors (Lipinski definition) is 9. The fraction of sp³-hybridized carbons (Fsp3) is 0.441. The van der Waals surface area contributed by atoms with Gasteiger partial charge in [-0.3, -0.25) is 19.2 Å². The number of likely N-dealkylation sites (tertiary alicyclic amines) is 1. The van der Waals surface area contributed by atoms with Crippen molar-refractivity contribution in [3.63, 3.8) is 0 Å². The maximum atomic E-state index is 14.2. The van der Waals surface area contributed by atoms with Crippen LogP contribution in [0.25, 0.3) is 0 Å². The molecule has 0 spiro atoms. The molecule has 4 amide bonds. The van der Waals surface area contributed by atoms with Gasteiger partial charge in [0.1, 0.15) is 41.7 Å². The van der Waals surface area contributed by atoms with Gasteiger partial charge in [0.05, 0.1) is 18.3 Å². The quantitative estimate of drug-likeness (QED) is 0.230. The summed E-state index contributed by atoms with van der Waals surface area (Å²) in [5.74, 6) is -2.68. The number of aromatic nitrogens is 3. The molecular formula is C34H40N8O7. The summed E-state index contributed by atoms with van der Waals surface area (Å²) in [6.45, 7) is 1.90. The van der Waals surface area contributed by atoms with Crippen molar-refractivity contribution in [1.29, 1.82) is 0 Å². The molecule has 5 N–H and O–H groups in total. The topological polar surface area (TPSA) is 197 Å². The van der Waals surface area contributed by atoms with Crippen LogP contribution >= 0.6 is 0 Å². The van der Waals surface area contributed by atoms with E-state index in [9.17, 15) is 29.1 Å². The van der Waals surface area contributed by atoms with Crippen molar-refractivity contribution in [2.45, 2.75) is 81.4 Å². The standard InChI is InChI=1S/C34H40N8O7/c1-20(35-2)29(43)38-34(12-13-34)33(48)41-18-24-16-28(41)31(45)36-26(14-21-6-4-3-5-7-21)30(44)37-27(32(46)47)15-22-8-10-25(11-9-22)49-19-23-17-42(24)40-39-23/h3-11,17,20,24,26-28,35H,12-16,18-19H2,1-2H3,(H,36,45)(H,37,44)(H,38,43)(H,46,47)/t20-,24-,26-,27?,28-/m0/s1. The maximum absolute atomic E-state index is 14.2. The van der Waals surface area contributed by atoms with Gasteiger partial charge in [0.2, 0.25) is 23.6 Å². The number of nitrogens with one attached hydrogen (secondary N) is 4. The van der Waals surface area contributed by atoms with E-state index in [1.807, 2.05) is 18.2 Å². The molecule has 4 heterocycles. The average Bonchev–Trinajstić information content (AvgIpc) is 3.49. The number of fused-ring (bicyclic) bond motifs is 9. The minimum Gasteiger partial charge on any atom is -0.487 e. The van der Waals surface area contributed by atoms with E-state index in [0.717, 1.165) is 5.56 Å². The molecule has 1 aliphatic carbocycles. The second kappa shape index (κ2) is 14.0. The number of benzene rings is 2. The molecule has 0 radical (unpaired) electrons. The Morgan fingerprint density at radius 3 is 2.47 bits per heavy atom. The van der Waals surface area contributed by atoms with Gasteiger partial charge in [0, 0.05) is 25.8 Å². The van der Waals surface area contributed by atoms with Crippen molar-refractivity contribution in [3.8, 4) is 5.75 Å². The van der Waals surface area contributed by atoms with Crippen molar-refractivity contribution in [2.75, 3.05) is 13.6 Å². The molecule has 3 aromatic rings. The number of hydrogen-bond donors (Lipinski definition) is 5. The highest BCUT2D eigenvalue weighted by Crippen LogP contribution is 2.40. The first-order valence-electron chi connectivity index (χ1n) is 16.4. The summed E-state index contributed by atoms with van der Waals surface area (Å²) in [5.41, 5.74) is 0.789. The number of rotatable bonds is 7. The Morgan fingerprint density at radius 1 is 1.06 bits per heavy atom. The van der Waals surface area contributed by atoms with Crippen LogP contribution in [-0.2, 0) is 43.4 Å². The Labute approximate surface area is 282 Å². The Morgan fingerprint density at radius 2 is 1.80 bits per heavy atom. The summed E-state index contributed by atoms with van der Waals surface area (Å²) in [6.07, 6.45) is 2.79. The summed E-state index contributed by atoms with van der Waals surface area (Å²) < 4.78 is 7.49. The molecule has 3 aliphatic heterocycles. The molecule has 4 aliphatic rings. The fourth-order valence-electron chi connectivity index (χ4n) is 6.22. The summed E-state index contributed by atoms with van der Waals surface area (Å²) >= 11 is 0. The summed E-state index contributed by atoms with van der Waals surface area (Å²) in [4.78, 5) is 68.7. The monoisotopic (exact) mass is 672 g/mol. The smallest absolute Gasteiger partial charge is 0.326 e. The molecule has 1 aromatic heterocycles. The molecule has 2 fully saturated rings. The van der Waals surface area contributed by atoms with E-state index in [0.29, 0.717) is 29.8 Å². The number of nitrogens with zero attached hydrogens (tertiary/aromatic N) is 4. The van der Waals surface area contributed by atoms with Crippen molar-refractivity contribution < 1.29 is 33.8 Å². The van der Waals surface area contributed by atoms with Crippen LogP contribution in [0.3, 0.4) is 0 Å². The summed E-state index contributed by atoms with van der Waals surface area (Å²) in [6, 6.07) is 11.5. The number of aliphatic carboxylic acids is 1. The van der Waals surface area contributed by atoms with Crippen LogP contribution in [0, 0.1) is 0 Å². The van der Waals surface area contributed by atoms with E-state index >= 15 is 0 Å². The highest BCUT2D eigenvalue weighted by molar-refractivity contribution is 5.99. The first-order valence-corrected chi connectivity index (χ1v) is 16.4. The normalized spacial score (nSPS) is 23.9. The zero-order valence-corrected chi connectivity index (χ0v) is 27.3. The van der Waals surface area contributed by atoms with E-state index in [4.69, 9.17) is 4.74 Å². The van der Waals surface area contributed by atoms with Crippen molar-refractivity contribution >= 4 is 29.6 Å². The van der Waals surface area contributed by atoms with E-state index in [2.05, 4.69) is 31.6 Å². The molecule has 49 heavy (non-hydrogen) atoms. The van der Waals surface area contributed by atoms with Gasteiger partial charge in [-0.15, -0.1) is 5.10 Å². The second-order valence-electron chi connectivity index (χ2n) is 12.9. The van der Waals surface area contributed by atoms with Gasteiger partial charge >= 0.3 is 5.97 Å². The molecule has 7 rings (SSSR count). The van der Waals surface area contributed by atoms with Crippen LogP contribution in [0.4, 0.5) is 0 Å². The molecule has 1 saturated carbocycles. The first kappa shape index (κ1) is 33.6. The Hall–Kier alpha value is -5.31. The SMILES string of the molecule is CN[C@@H](C)C(=O)NC1(C(=O)N2C[C@@H]3C[C@H]2C(=O)N[C@@H](Cc2ccccc2)C(=O)NC(C(=O)O)Cc2ccc(cc2)OCc2cn3nn2)CC1. The third-order valence-corrected chi connectivity index (χ3v) is 9.40. The minimum atomic E-state index is -1.28. The molecule has 15 nitrogen and oxygen atoms in total. The zero-order valence-electron chi connectivity index (χ0n) is 27.3. The summed E-state index contributed by atoms with van der Waals surface area (Å²) in [7, 11) is 1.65. The second-order valence-corrected chi connectivity index (χ2v) is 12.9. The van der Waals surface area contributed by atoms with Gasteiger partial charge < -0.3 is 36.0 Å². The Kier molecular flexibility index (Phi) is 9.62. The highest BCUT2D eigenvalue weighted by atomic mass is 16.5. The van der Waals surface area contributed by atoms with Crippen LogP contribution in [-0.4, -0.2) is 97.9 Å². The molecule has 15 heteroatoms. The van der Waals surface area contributed by atoms with Gasteiger partial charge in [-0.25, -0.2) is 9.48 Å². The third-order valence-electron chi connectivity index (χ3n) is 9.40. The molecule has 5 atom stereocenters. The van der Waals surface area contributed by atoms with Crippen molar-refractivity contribution in [2.24, 2.45) is 0 Å². The lowest BCUT2D eigenvalue weighted by atomic mass is 10.0. The molecule has 258 valence electrons. The Balaban J connectivity index is 1.34. The number of amides is 4. The minimum absolute atomic E-state index is 0.00572. The van der Waals surface area contributed by atoms with E-state index < -0.39 is 59.4 Å². The van der Waals surface area contributed by atoms with Crippen LogP contribution in [0.2, 0.25) is 0 Å². The Bertz CT molecular complexity index is 1710. The van der Waals surface area contributed by atoms with Gasteiger partial charge in [-0.05, 0) is 50.1 Å². The van der Waals surface area contributed by atoms with Crippen molar-refractivity contribution in [1.82, 2.24) is 41.2 Å². The van der Waals surface area contributed by atoms with Gasteiger partial charge in [-0.1, -0.05) is 47.7 Å². The maximum Gasteiger partial charge on any atom is 0.326 e.